The number of hydrogen-bond donors (Lipinski definition) is 2. The van der Waals surface area contributed by atoms with Crippen molar-refractivity contribution in [1.82, 2.24) is 10.6 Å². The maximum Gasteiger partial charge on any atom is 0.191 e. The highest BCUT2D eigenvalue weighted by Gasteiger charge is 2.42. The lowest BCUT2D eigenvalue weighted by Crippen LogP contribution is -2.53. The molecule has 26 heavy (non-hydrogen) atoms. The van der Waals surface area contributed by atoms with E-state index in [2.05, 4.69) is 15.6 Å². The average molecular weight is 499 g/mol. The molecule has 2 N–H and O–H groups in total. The van der Waals surface area contributed by atoms with Crippen LogP contribution in [-0.4, -0.2) is 58.7 Å². The fourth-order valence-electron chi connectivity index (χ4n) is 2.86. The van der Waals surface area contributed by atoms with Crippen LogP contribution in [0, 0.1) is 5.82 Å². The van der Waals surface area contributed by atoms with Crippen molar-refractivity contribution < 1.29 is 17.5 Å². The molecule has 0 saturated carbocycles. The minimum Gasteiger partial charge on any atom is -0.381 e. The largest absolute Gasteiger partial charge is 0.381 e. The molecule has 2 rings (SSSR count). The van der Waals surface area contributed by atoms with Gasteiger partial charge in [0.05, 0.1) is 4.75 Å². The Morgan fingerprint density at radius 3 is 2.38 bits per heavy atom. The first-order valence-electron chi connectivity index (χ1n) is 8.33. The summed E-state index contributed by atoms with van der Waals surface area (Å²) in [6.07, 6.45) is 2.95. The van der Waals surface area contributed by atoms with Gasteiger partial charge in [0.1, 0.15) is 5.82 Å². The molecule has 1 saturated heterocycles. The maximum atomic E-state index is 12.9. The summed E-state index contributed by atoms with van der Waals surface area (Å²) >= 11 is 0. The van der Waals surface area contributed by atoms with E-state index in [-0.39, 0.29) is 29.8 Å². The fourth-order valence-corrected chi connectivity index (χ4v) is 4.11. The van der Waals surface area contributed by atoms with Crippen molar-refractivity contribution in [2.24, 2.45) is 4.99 Å². The second-order valence-corrected chi connectivity index (χ2v) is 8.71. The minimum absolute atomic E-state index is 0. The molecular formula is C17H27FIN3O3S. The number of sulfone groups is 1. The van der Waals surface area contributed by atoms with E-state index in [9.17, 15) is 12.8 Å². The molecule has 1 aromatic rings. The Balaban J connectivity index is 0.00000338. The smallest absolute Gasteiger partial charge is 0.191 e. The van der Waals surface area contributed by atoms with E-state index in [0.717, 1.165) is 5.56 Å². The Labute approximate surface area is 171 Å². The van der Waals surface area contributed by atoms with E-state index in [1.165, 1.54) is 18.4 Å². The maximum absolute atomic E-state index is 12.9. The molecule has 0 aliphatic carbocycles. The first kappa shape index (κ1) is 23.1. The number of nitrogens with zero attached hydrogens (tertiary/aromatic N) is 1. The number of rotatable bonds is 6. The Morgan fingerprint density at radius 2 is 1.85 bits per heavy atom. The third kappa shape index (κ3) is 6.34. The quantitative estimate of drug-likeness (QED) is 0.354. The lowest BCUT2D eigenvalue weighted by molar-refractivity contribution is 0.0756. The lowest BCUT2D eigenvalue weighted by atomic mass is 9.99. The first-order chi connectivity index (χ1) is 11.9. The van der Waals surface area contributed by atoms with Crippen LogP contribution in [0.1, 0.15) is 18.4 Å². The van der Waals surface area contributed by atoms with Crippen LogP contribution in [0.25, 0.3) is 0 Å². The van der Waals surface area contributed by atoms with Gasteiger partial charge in [0, 0.05) is 39.6 Å². The molecule has 0 unspecified atom stereocenters. The van der Waals surface area contributed by atoms with Gasteiger partial charge >= 0.3 is 0 Å². The Kier molecular flexibility index (Phi) is 9.25. The van der Waals surface area contributed by atoms with Crippen LogP contribution in [0.3, 0.4) is 0 Å². The summed E-state index contributed by atoms with van der Waals surface area (Å²) in [4.78, 5) is 4.14. The zero-order valence-corrected chi connectivity index (χ0v) is 18.3. The van der Waals surface area contributed by atoms with Gasteiger partial charge in [-0.2, -0.15) is 0 Å². The molecule has 0 amide bonds. The summed E-state index contributed by atoms with van der Waals surface area (Å²) in [5, 5.41) is 6.29. The summed E-state index contributed by atoms with van der Waals surface area (Å²) in [6, 6.07) is 6.36. The fraction of sp³-hybridized carbons (Fsp3) is 0.588. The predicted octanol–water partition coefficient (Wildman–Crippen LogP) is 1.74. The van der Waals surface area contributed by atoms with E-state index in [4.69, 9.17) is 4.74 Å². The molecule has 1 heterocycles. The van der Waals surface area contributed by atoms with Gasteiger partial charge in [-0.3, -0.25) is 4.99 Å². The van der Waals surface area contributed by atoms with Crippen LogP contribution >= 0.6 is 24.0 Å². The normalized spacial score (nSPS) is 17.3. The van der Waals surface area contributed by atoms with E-state index in [1.807, 2.05) is 0 Å². The van der Waals surface area contributed by atoms with E-state index >= 15 is 0 Å². The topological polar surface area (TPSA) is 79.8 Å². The predicted molar refractivity (Wildman–Crippen MR) is 113 cm³/mol. The molecule has 0 bridgehead atoms. The van der Waals surface area contributed by atoms with E-state index < -0.39 is 14.6 Å². The number of ether oxygens (including phenoxy) is 1. The molecule has 1 aliphatic heterocycles. The SMILES string of the molecule is CN=C(NCCc1ccc(F)cc1)NCC1(S(C)(=O)=O)CCOCC1.I. The van der Waals surface area contributed by atoms with Gasteiger partial charge in [-0.25, -0.2) is 12.8 Å². The Morgan fingerprint density at radius 1 is 1.23 bits per heavy atom. The van der Waals surface area contributed by atoms with Gasteiger partial charge in [0.25, 0.3) is 0 Å². The lowest BCUT2D eigenvalue weighted by Gasteiger charge is -2.35. The van der Waals surface area contributed by atoms with Crippen molar-refractivity contribution in [3.05, 3.63) is 35.6 Å². The van der Waals surface area contributed by atoms with Crippen LogP contribution in [0.2, 0.25) is 0 Å². The second kappa shape index (κ2) is 10.4. The molecule has 0 spiro atoms. The molecule has 148 valence electrons. The molecular weight excluding hydrogens is 472 g/mol. The van der Waals surface area contributed by atoms with Gasteiger partial charge in [-0.05, 0) is 37.0 Å². The van der Waals surface area contributed by atoms with Crippen molar-refractivity contribution in [1.29, 1.82) is 0 Å². The monoisotopic (exact) mass is 499 g/mol. The zero-order valence-electron chi connectivity index (χ0n) is 15.1. The van der Waals surface area contributed by atoms with Crippen molar-refractivity contribution in [2.75, 3.05) is 39.6 Å². The number of nitrogens with one attached hydrogen (secondary N) is 2. The van der Waals surface area contributed by atoms with E-state index in [0.29, 0.717) is 51.5 Å². The molecule has 0 atom stereocenters. The highest BCUT2D eigenvalue weighted by Crippen LogP contribution is 2.28. The minimum atomic E-state index is -3.22. The van der Waals surface area contributed by atoms with E-state index in [1.54, 1.807) is 19.2 Å². The summed E-state index contributed by atoms with van der Waals surface area (Å²) in [5.74, 6) is 0.299. The number of aliphatic imine (C=N–C) groups is 1. The second-order valence-electron chi connectivity index (χ2n) is 6.30. The molecule has 0 aromatic heterocycles. The van der Waals surface area contributed by atoms with Crippen LogP contribution in [0.5, 0.6) is 0 Å². The molecule has 9 heteroatoms. The van der Waals surface area contributed by atoms with Crippen LogP contribution in [0.15, 0.2) is 29.3 Å². The van der Waals surface area contributed by atoms with Crippen molar-refractivity contribution in [3.8, 4) is 0 Å². The highest BCUT2D eigenvalue weighted by atomic mass is 127. The molecule has 6 nitrogen and oxygen atoms in total. The van der Waals surface area contributed by atoms with Gasteiger partial charge in [0.2, 0.25) is 0 Å². The number of halogens is 2. The number of benzene rings is 1. The Bertz CT molecular complexity index is 690. The summed E-state index contributed by atoms with van der Waals surface area (Å²) in [5.41, 5.74) is 1.02. The third-order valence-electron chi connectivity index (χ3n) is 4.61. The molecule has 1 fully saturated rings. The van der Waals surface area contributed by atoms with Gasteiger partial charge < -0.3 is 15.4 Å². The summed E-state index contributed by atoms with van der Waals surface area (Å²) in [7, 11) is -1.58. The molecule has 1 aromatic carbocycles. The Hall–Kier alpha value is -0.940. The summed E-state index contributed by atoms with van der Waals surface area (Å²) in [6.45, 7) is 1.81. The highest BCUT2D eigenvalue weighted by molar-refractivity contribution is 14.0. The third-order valence-corrected chi connectivity index (χ3v) is 6.74. The number of guanidine groups is 1. The van der Waals surface area contributed by atoms with Crippen LogP contribution < -0.4 is 10.6 Å². The first-order valence-corrected chi connectivity index (χ1v) is 10.2. The van der Waals surface area contributed by atoms with Gasteiger partial charge in [0.15, 0.2) is 15.8 Å². The number of hydrogen-bond acceptors (Lipinski definition) is 4. The van der Waals surface area contributed by atoms with Crippen molar-refractivity contribution in [2.45, 2.75) is 24.0 Å². The van der Waals surface area contributed by atoms with Crippen molar-refractivity contribution in [3.63, 3.8) is 0 Å². The molecule has 1 aliphatic rings. The van der Waals surface area contributed by atoms with Gasteiger partial charge in [-0.15, -0.1) is 24.0 Å². The average Bonchev–Trinajstić information content (AvgIpc) is 2.59. The van der Waals surface area contributed by atoms with Crippen LogP contribution in [0.4, 0.5) is 4.39 Å². The van der Waals surface area contributed by atoms with Gasteiger partial charge in [-0.1, -0.05) is 12.1 Å². The standard InChI is InChI=1S/C17H26FN3O3S.HI/c1-19-16(20-10-7-14-3-5-15(18)6-4-14)21-13-17(25(2,22)23)8-11-24-12-9-17;/h3-6H,7-13H2,1-2H3,(H2,19,20,21);1H. The van der Waals surface area contributed by atoms with Crippen LogP contribution in [-0.2, 0) is 21.0 Å². The molecule has 0 radical (unpaired) electrons. The summed E-state index contributed by atoms with van der Waals surface area (Å²) < 4.78 is 41.9. The zero-order chi connectivity index (χ0) is 18.3. The van der Waals surface area contributed by atoms with Crippen molar-refractivity contribution >= 4 is 39.8 Å².